The molecular formula is C25H31F2N7O2. The van der Waals surface area contributed by atoms with Crippen LogP contribution in [0.1, 0.15) is 6.92 Å². The summed E-state index contributed by atoms with van der Waals surface area (Å²) in [5.41, 5.74) is -0.427. The van der Waals surface area contributed by atoms with E-state index in [1.54, 1.807) is 0 Å². The van der Waals surface area contributed by atoms with Gasteiger partial charge in [-0.3, -0.25) is 4.90 Å². The zero-order valence-corrected chi connectivity index (χ0v) is 20.5. The predicted molar refractivity (Wildman–Crippen MR) is 133 cm³/mol. The number of phenols is 1. The van der Waals surface area contributed by atoms with E-state index in [2.05, 4.69) is 48.9 Å². The second-order valence-corrected chi connectivity index (χ2v) is 9.39. The third kappa shape index (κ3) is 5.04. The number of anilines is 1. The van der Waals surface area contributed by atoms with Gasteiger partial charge in [0.2, 0.25) is 0 Å². The second-order valence-electron chi connectivity index (χ2n) is 9.39. The number of ether oxygens (including phenoxy) is 1. The molecule has 2 aliphatic heterocycles. The molecule has 2 saturated heterocycles. The largest absolute Gasteiger partial charge is 0.507 e. The average molecular weight is 500 g/mol. The van der Waals surface area contributed by atoms with Gasteiger partial charge in [-0.25, -0.2) is 13.8 Å². The van der Waals surface area contributed by atoms with Crippen molar-refractivity contribution in [2.75, 3.05) is 70.9 Å². The van der Waals surface area contributed by atoms with Crippen LogP contribution in [0.5, 0.6) is 11.8 Å². The first-order chi connectivity index (χ1) is 17.4. The molecule has 2 fully saturated rings. The Kier molecular flexibility index (Phi) is 7.13. The number of halogens is 2. The van der Waals surface area contributed by atoms with Crippen molar-refractivity contribution in [3.05, 3.63) is 35.9 Å². The zero-order valence-electron chi connectivity index (χ0n) is 20.5. The molecule has 0 unspecified atom stereocenters. The zero-order chi connectivity index (χ0) is 25.2. The number of pyridine rings is 1. The number of aromatic nitrogens is 3. The Morgan fingerprint density at radius 2 is 1.89 bits per heavy atom. The van der Waals surface area contributed by atoms with E-state index in [4.69, 9.17) is 4.74 Å². The average Bonchev–Trinajstić information content (AvgIpc) is 2.86. The molecule has 3 aromatic rings. The summed E-state index contributed by atoms with van der Waals surface area (Å²) in [5, 5.41) is 14.0. The van der Waals surface area contributed by atoms with Crippen LogP contribution in [0, 0.1) is 11.6 Å². The van der Waals surface area contributed by atoms with Crippen LogP contribution in [-0.4, -0.2) is 102 Å². The van der Waals surface area contributed by atoms with Gasteiger partial charge in [0.05, 0.1) is 10.9 Å². The van der Waals surface area contributed by atoms with Crippen LogP contribution in [0.3, 0.4) is 0 Å². The molecule has 1 atom stereocenters. The highest BCUT2D eigenvalue weighted by atomic mass is 19.1. The first-order valence-corrected chi connectivity index (χ1v) is 12.3. The lowest BCUT2D eigenvalue weighted by molar-refractivity contribution is 0.131. The molecular weight excluding hydrogens is 468 g/mol. The molecule has 0 saturated carbocycles. The minimum atomic E-state index is -0.769. The Labute approximate surface area is 208 Å². The summed E-state index contributed by atoms with van der Waals surface area (Å²) in [6.45, 7) is 9.34. The molecule has 0 radical (unpaired) electrons. The minimum absolute atomic E-state index is 0.105. The highest BCUT2D eigenvalue weighted by Crippen LogP contribution is 2.35. The van der Waals surface area contributed by atoms with E-state index in [0.717, 1.165) is 51.9 Å². The van der Waals surface area contributed by atoms with Gasteiger partial charge in [0, 0.05) is 58.4 Å². The van der Waals surface area contributed by atoms with Crippen LogP contribution in [-0.2, 0) is 0 Å². The summed E-state index contributed by atoms with van der Waals surface area (Å²) in [7, 11) is 2.11. The molecule has 0 aliphatic carbocycles. The number of likely N-dealkylation sites (N-methyl/N-ethyl adjacent to an activating group) is 1. The van der Waals surface area contributed by atoms with Gasteiger partial charge in [-0.15, -0.1) is 0 Å². The molecule has 5 rings (SSSR count). The summed E-state index contributed by atoms with van der Waals surface area (Å²) in [5.74, 6) is -1.40. The van der Waals surface area contributed by atoms with E-state index < -0.39 is 17.4 Å². The van der Waals surface area contributed by atoms with Crippen LogP contribution in [0.4, 0.5) is 14.6 Å². The van der Waals surface area contributed by atoms with Gasteiger partial charge in [-0.2, -0.15) is 9.97 Å². The Morgan fingerprint density at radius 1 is 1.08 bits per heavy atom. The molecule has 2 aliphatic rings. The fraction of sp³-hybridized carbons (Fsp3) is 0.480. The van der Waals surface area contributed by atoms with Crippen LogP contribution < -0.4 is 15.0 Å². The molecule has 1 aromatic carbocycles. The Balaban J connectivity index is 1.51. The molecule has 2 N–H and O–H groups in total. The highest BCUT2D eigenvalue weighted by molar-refractivity contribution is 5.90. The Hall–Kier alpha value is -3.15. The maximum absolute atomic E-state index is 15.3. The number of piperazine rings is 2. The smallest absolute Gasteiger partial charge is 0.320 e. The first-order valence-electron chi connectivity index (χ1n) is 12.3. The van der Waals surface area contributed by atoms with Gasteiger partial charge in [-0.1, -0.05) is 6.07 Å². The molecule has 192 valence electrons. The SMILES string of the molecule is C[C@@H]1CNCCN1c1nc(OCCN2CCN(C)CC2)nc2nc(-c3c(O)cccc3F)c(F)cc12. The van der Waals surface area contributed by atoms with Gasteiger partial charge >= 0.3 is 6.01 Å². The Morgan fingerprint density at radius 3 is 2.64 bits per heavy atom. The van der Waals surface area contributed by atoms with Crippen molar-refractivity contribution < 1.29 is 18.6 Å². The quantitative estimate of drug-likeness (QED) is 0.529. The van der Waals surface area contributed by atoms with E-state index in [9.17, 15) is 9.50 Å². The molecule has 0 spiro atoms. The van der Waals surface area contributed by atoms with Crippen molar-refractivity contribution in [2.45, 2.75) is 13.0 Å². The molecule has 11 heteroatoms. The van der Waals surface area contributed by atoms with Crippen molar-refractivity contribution in [1.82, 2.24) is 30.1 Å². The standard InChI is InChI=1S/C25H31F2N7O2/c1-16-15-28-6-7-34(16)24-17-14-19(27)22(21-18(26)4-3-5-20(21)35)29-23(17)30-25(31-24)36-13-12-33-10-8-32(2)9-11-33/h3-5,14,16,28,35H,6-13,15H2,1-2H3/t16-/m1/s1. The number of fused-ring (bicyclic) bond motifs is 1. The lowest BCUT2D eigenvalue weighted by Gasteiger charge is -2.35. The fourth-order valence-electron chi connectivity index (χ4n) is 4.69. The number of aromatic hydroxyl groups is 1. The number of benzene rings is 1. The van der Waals surface area contributed by atoms with Gasteiger partial charge in [0.1, 0.15) is 29.7 Å². The predicted octanol–water partition coefficient (Wildman–Crippen LogP) is 2.10. The maximum Gasteiger partial charge on any atom is 0.320 e. The van der Waals surface area contributed by atoms with Crippen molar-refractivity contribution in [2.24, 2.45) is 0 Å². The second kappa shape index (κ2) is 10.5. The molecule has 0 amide bonds. The summed E-state index contributed by atoms with van der Waals surface area (Å²) in [6.07, 6.45) is 0. The topological polar surface area (TPSA) is 89.9 Å². The minimum Gasteiger partial charge on any atom is -0.507 e. The van der Waals surface area contributed by atoms with Crippen molar-refractivity contribution in [3.63, 3.8) is 0 Å². The number of hydrogen-bond donors (Lipinski definition) is 2. The summed E-state index contributed by atoms with van der Waals surface area (Å²) < 4.78 is 35.8. The highest BCUT2D eigenvalue weighted by Gasteiger charge is 2.26. The third-order valence-electron chi connectivity index (χ3n) is 6.84. The van der Waals surface area contributed by atoms with Gasteiger partial charge < -0.3 is 25.0 Å². The fourth-order valence-corrected chi connectivity index (χ4v) is 4.69. The molecule has 4 heterocycles. The van der Waals surface area contributed by atoms with Gasteiger partial charge in [0.25, 0.3) is 0 Å². The lowest BCUT2D eigenvalue weighted by Crippen LogP contribution is -2.50. The monoisotopic (exact) mass is 499 g/mol. The molecule has 9 nitrogen and oxygen atoms in total. The molecule has 2 aromatic heterocycles. The van der Waals surface area contributed by atoms with Crippen molar-refractivity contribution in [1.29, 1.82) is 0 Å². The lowest BCUT2D eigenvalue weighted by atomic mass is 10.1. The number of nitrogens with one attached hydrogen (secondary N) is 1. The molecule has 0 bridgehead atoms. The van der Waals surface area contributed by atoms with Crippen molar-refractivity contribution in [3.8, 4) is 23.0 Å². The number of rotatable bonds is 6. The Bertz CT molecular complexity index is 1220. The summed E-state index contributed by atoms with van der Waals surface area (Å²) in [6, 6.07) is 5.31. The van der Waals surface area contributed by atoms with E-state index >= 15 is 4.39 Å². The first kappa shape index (κ1) is 24.5. The number of phenolic OH excluding ortho intramolecular Hbond substituents is 1. The molecule has 36 heavy (non-hydrogen) atoms. The van der Waals surface area contributed by atoms with Crippen LogP contribution >= 0.6 is 0 Å². The summed E-state index contributed by atoms with van der Waals surface area (Å²) >= 11 is 0. The van der Waals surface area contributed by atoms with Crippen LogP contribution in [0.15, 0.2) is 24.3 Å². The normalized spacial score (nSPS) is 19.7. The maximum atomic E-state index is 15.3. The van der Waals surface area contributed by atoms with Gasteiger partial charge in [0.15, 0.2) is 11.5 Å². The van der Waals surface area contributed by atoms with Gasteiger partial charge in [-0.05, 0) is 32.2 Å². The third-order valence-corrected chi connectivity index (χ3v) is 6.84. The van der Waals surface area contributed by atoms with E-state index in [1.165, 1.54) is 18.2 Å². The van der Waals surface area contributed by atoms with E-state index in [0.29, 0.717) is 24.4 Å². The van der Waals surface area contributed by atoms with E-state index in [1.807, 2.05) is 0 Å². The van der Waals surface area contributed by atoms with Crippen molar-refractivity contribution >= 4 is 16.9 Å². The van der Waals surface area contributed by atoms with Crippen LogP contribution in [0.25, 0.3) is 22.3 Å². The number of hydrogen-bond acceptors (Lipinski definition) is 9. The summed E-state index contributed by atoms with van der Waals surface area (Å²) in [4.78, 5) is 20.2. The van der Waals surface area contributed by atoms with E-state index in [-0.39, 0.29) is 29.0 Å². The number of nitrogens with zero attached hydrogens (tertiary/aromatic N) is 6. The van der Waals surface area contributed by atoms with Crippen LogP contribution in [0.2, 0.25) is 0 Å².